The molecule has 0 radical (unpaired) electrons. The molecule has 0 spiro atoms. The molecule has 4 rings (SSSR count). The standard InChI is InChI=1S/C21H18Cl3FN6O2/c1-10-18(24)11(2)31(27-10)8-15-12(3)33-29-19(15)21(32)26-20-17(23)9-30(28-20)7-13-4-5-14(25)6-16(13)22/h4-6,9H,7-8H2,1-3H3,(H,26,28,32). The lowest BCUT2D eigenvalue weighted by Crippen LogP contribution is -2.17. The van der Waals surface area contributed by atoms with E-state index in [1.54, 1.807) is 24.6 Å². The molecule has 0 saturated heterocycles. The summed E-state index contributed by atoms with van der Waals surface area (Å²) in [6, 6.07) is 4.08. The van der Waals surface area contributed by atoms with Gasteiger partial charge in [-0.2, -0.15) is 10.2 Å². The summed E-state index contributed by atoms with van der Waals surface area (Å²) < 4.78 is 21.7. The number of amides is 1. The van der Waals surface area contributed by atoms with Crippen molar-refractivity contribution in [1.82, 2.24) is 24.7 Å². The molecule has 12 heteroatoms. The van der Waals surface area contributed by atoms with E-state index in [0.717, 1.165) is 5.69 Å². The van der Waals surface area contributed by atoms with Gasteiger partial charge in [0, 0.05) is 16.8 Å². The Bertz CT molecular complexity index is 1360. The minimum Gasteiger partial charge on any atom is -0.361 e. The highest BCUT2D eigenvalue weighted by Gasteiger charge is 2.23. The van der Waals surface area contributed by atoms with Crippen LogP contribution in [-0.2, 0) is 13.1 Å². The Labute approximate surface area is 203 Å². The number of aryl methyl sites for hydroxylation is 2. The van der Waals surface area contributed by atoms with E-state index in [2.05, 4.69) is 20.7 Å². The number of nitrogens with zero attached hydrogens (tertiary/aromatic N) is 5. The fraction of sp³-hybridized carbons (Fsp3) is 0.238. The first-order valence-electron chi connectivity index (χ1n) is 9.77. The summed E-state index contributed by atoms with van der Waals surface area (Å²) in [6.07, 6.45) is 1.53. The summed E-state index contributed by atoms with van der Waals surface area (Å²) in [7, 11) is 0. The second kappa shape index (κ2) is 9.17. The molecule has 1 aromatic carbocycles. The molecular weight excluding hydrogens is 494 g/mol. The van der Waals surface area contributed by atoms with Gasteiger partial charge in [0.15, 0.2) is 11.5 Å². The Morgan fingerprint density at radius 3 is 2.55 bits per heavy atom. The number of hydrogen-bond acceptors (Lipinski definition) is 5. The van der Waals surface area contributed by atoms with Crippen LogP contribution < -0.4 is 5.32 Å². The summed E-state index contributed by atoms with van der Waals surface area (Å²) in [4.78, 5) is 12.9. The van der Waals surface area contributed by atoms with Gasteiger partial charge in [-0.1, -0.05) is 46.0 Å². The normalized spacial score (nSPS) is 11.2. The van der Waals surface area contributed by atoms with E-state index in [1.165, 1.54) is 23.0 Å². The Kier molecular flexibility index (Phi) is 6.47. The minimum atomic E-state index is -0.540. The van der Waals surface area contributed by atoms with Crippen molar-refractivity contribution in [3.8, 4) is 0 Å². The average Bonchev–Trinajstić information content (AvgIpc) is 3.37. The molecule has 0 atom stereocenters. The van der Waals surface area contributed by atoms with Crippen LogP contribution in [0.25, 0.3) is 0 Å². The second-order valence-electron chi connectivity index (χ2n) is 7.42. The lowest BCUT2D eigenvalue weighted by Gasteiger charge is -2.06. The zero-order chi connectivity index (χ0) is 23.9. The zero-order valence-electron chi connectivity index (χ0n) is 17.8. The number of halogens is 4. The van der Waals surface area contributed by atoms with Crippen molar-refractivity contribution in [2.75, 3.05) is 5.32 Å². The van der Waals surface area contributed by atoms with Crippen molar-refractivity contribution in [3.63, 3.8) is 0 Å². The van der Waals surface area contributed by atoms with E-state index in [0.29, 0.717) is 27.6 Å². The average molecular weight is 512 g/mol. The van der Waals surface area contributed by atoms with Gasteiger partial charge in [-0.15, -0.1) is 0 Å². The van der Waals surface area contributed by atoms with Gasteiger partial charge in [0.05, 0.1) is 29.5 Å². The van der Waals surface area contributed by atoms with Crippen LogP contribution in [0.4, 0.5) is 10.2 Å². The Hall–Kier alpha value is -2.88. The molecule has 0 unspecified atom stereocenters. The van der Waals surface area contributed by atoms with Gasteiger partial charge < -0.3 is 9.84 Å². The molecule has 172 valence electrons. The number of anilines is 1. The molecule has 0 saturated carbocycles. The van der Waals surface area contributed by atoms with Crippen LogP contribution in [0.3, 0.4) is 0 Å². The Morgan fingerprint density at radius 1 is 1.12 bits per heavy atom. The molecule has 0 aliphatic rings. The van der Waals surface area contributed by atoms with Crippen LogP contribution >= 0.6 is 34.8 Å². The van der Waals surface area contributed by atoms with E-state index >= 15 is 0 Å². The first-order valence-corrected chi connectivity index (χ1v) is 10.9. The number of benzene rings is 1. The number of aromatic nitrogens is 5. The minimum absolute atomic E-state index is 0.0865. The van der Waals surface area contributed by atoms with Crippen molar-refractivity contribution < 1.29 is 13.7 Å². The molecule has 1 N–H and O–H groups in total. The molecule has 33 heavy (non-hydrogen) atoms. The van der Waals surface area contributed by atoms with Gasteiger partial charge in [-0.3, -0.25) is 14.2 Å². The number of nitrogens with one attached hydrogen (secondary N) is 1. The molecule has 4 aromatic rings. The highest BCUT2D eigenvalue weighted by molar-refractivity contribution is 6.33. The molecule has 0 aliphatic carbocycles. The van der Waals surface area contributed by atoms with E-state index in [4.69, 9.17) is 39.3 Å². The smallest absolute Gasteiger partial charge is 0.279 e. The van der Waals surface area contributed by atoms with Crippen molar-refractivity contribution in [1.29, 1.82) is 0 Å². The molecule has 0 bridgehead atoms. The van der Waals surface area contributed by atoms with E-state index in [-0.39, 0.29) is 34.6 Å². The third kappa shape index (κ3) is 4.75. The molecule has 0 fully saturated rings. The molecule has 3 heterocycles. The predicted octanol–water partition coefficient (Wildman–Crippen LogP) is 5.44. The van der Waals surface area contributed by atoms with Gasteiger partial charge in [0.1, 0.15) is 16.6 Å². The zero-order valence-corrected chi connectivity index (χ0v) is 20.1. The van der Waals surface area contributed by atoms with Crippen LogP contribution in [-0.4, -0.2) is 30.6 Å². The monoisotopic (exact) mass is 510 g/mol. The summed E-state index contributed by atoms with van der Waals surface area (Å²) in [5.41, 5.74) is 2.75. The Balaban J connectivity index is 1.54. The van der Waals surface area contributed by atoms with Gasteiger partial charge in [0.2, 0.25) is 0 Å². The fourth-order valence-corrected chi connectivity index (χ4v) is 3.85. The fourth-order valence-electron chi connectivity index (χ4n) is 3.29. The quantitative estimate of drug-likeness (QED) is 0.372. The molecule has 0 aliphatic heterocycles. The van der Waals surface area contributed by atoms with Crippen molar-refractivity contribution >= 4 is 46.5 Å². The van der Waals surface area contributed by atoms with E-state index in [1.807, 2.05) is 6.92 Å². The highest BCUT2D eigenvalue weighted by Crippen LogP contribution is 2.25. The van der Waals surface area contributed by atoms with Crippen molar-refractivity contribution in [2.24, 2.45) is 0 Å². The topological polar surface area (TPSA) is 90.8 Å². The van der Waals surface area contributed by atoms with E-state index < -0.39 is 11.7 Å². The molecule has 8 nitrogen and oxygen atoms in total. The van der Waals surface area contributed by atoms with Gasteiger partial charge >= 0.3 is 0 Å². The number of hydrogen-bond donors (Lipinski definition) is 1. The highest BCUT2D eigenvalue weighted by atomic mass is 35.5. The largest absolute Gasteiger partial charge is 0.361 e. The second-order valence-corrected chi connectivity index (χ2v) is 8.61. The third-order valence-corrected chi connectivity index (χ3v) is 6.27. The van der Waals surface area contributed by atoms with Crippen LogP contribution in [0.5, 0.6) is 0 Å². The lowest BCUT2D eigenvalue weighted by molar-refractivity contribution is 0.101. The number of rotatable bonds is 6. The maximum Gasteiger partial charge on any atom is 0.279 e. The van der Waals surface area contributed by atoms with Gasteiger partial charge in [-0.25, -0.2) is 4.39 Å². The number of carbonyl (C=O) groups excluding carboxylic acids is 1. The molecular formula is C21H18Cl3FN6O2. The van der Waals surface area contributed by atoms with Gasteiger partial charge in [-0.05, 0) is 38.5 Å². The molecule has 1 amide bonds. The first-order chi connectivity index (χ1) is 15.6. The van der Waals surface area contributed by atoms with Gasteiger partial charge in [0.25, 0.3) is 5.91 Å². The first kappa shape index (κ1) is 23.3. The summed E-state index contributed by atoms with van der Waals surface area (Å²) in [5, 5.41) is 16.3. The summed E-state index contributed by atoms with van der Waals surface area (Å²) in [5.74, 6) is -0.356. The van der Waals surface area contributed by atoms with E-state index in [9.17, 15) is 9.18 Å². The lowest BCUT2D eigenvalue weighted by atomic mass is 10.2. The van der Waals surface area contributed by atoms with Crippen LogP contribution in [0.15, 0.2) is 28.9 Å². The predicted molar refractivity (Wildman–Crippen MR) is 123 cm³/mol. The summed E-state index contributed by atoms with van der Waals surface area (Å²) >= 11 is 18.6. The Morgan fingerprint density at radius 2 is 1.88 bits per heavy atom. The maximum atomic E-state index is 13.3. The van der Waals surface area contributed by atoms with Crippen LogP contribution in [0.1, 0.15) is 38.8 Å². The third-order valence-electron chi connectivity index (χ3n) is 5.10. The van der Waals surface area contributed by atoms with Crippen molar-refractivity contribution in [3.05, 3.63) is 79.2 Å². The molecule has 3 aromatic heterocycles. The van der Waals surface area contributed by atoms with Crippen molar-refractivity contribution in [2.45, 2.75) is 33.9 Å². The van der Waals surface area contributed by atoms with Crippen LogP contribution in [0.2, 0.25) is 15.1 Å². The SMILES string of the molecule is Cc1nn(Cc2c(C(=O)Nc3nn(Cc4ccc(F)cc4Cl)cc3Cl)noc2C)c(C)c1Cl. The van der Waals surface area contributed by atoms with Crippen LogP contribution in [0, 0.1) is 26.6 Å². The summed E-state index contributed by atoms with van der Waals surface area (Å²) in [6.45, 7) is 5.84. The number of carbonyl (C=O) groups is 1. The maximum absolute atomic E-state index is 13.3.